The van der Waals surface area contributed by atoms with Gasteiger partial charge in [0.15, 0.2) is 5.76 Å². The van der Waals surface area contributed by atoms with E-state index in [9.17, 15) is 0 Å². The van der Waals surface area contributed by atoms with E-state index in [2.05, 4.69) is 10.1 Å². The molecule has 2 rings (SSSR count). The van der Waals surface area contributed by atoms with Crippen LogP contribution in [-0.2, 0) is 6.61 Å². The fourth-order valence-electron chi connectivity index (χ4n) is 1.26. The van der Waals surface area contributed by atoms with Crippen molar-refractivity contribution >= 4 is 11.3 Å². The van der Waals surface area contributed by atoms with Crippen molar-refractivity contribution in [3.05, 3.63) is 21.6 Å². The summed E-state index contributed by atoms with van der Waals surface area (Å²) in [5, 5.41) is 13.5. The molecule has 0 fully saturated rings. The normalized spacial score (nSPS) is 10.8. The number of aryl methyl sites for hydroxylation is 2. The minimum atomic E-state index is -0.105. The third-order valence-corrected chi connectivity index (χ3v) is 2.74. The molecule has 14 heavy (non-hydrogen) atoms. The molecular formula is C9H10N2O2S. The first kappa shape index (κ1) is 9.36. The van der Waals surface area contributed by atoms with Crippen LogP contribution in [0.25, 0.3) is 11.5 Å². The lowest BCUT2D eigenvalue weighted by Crippen LogP contribution is -1.79. The molecule has 0 amide bonds. The number of hydrogen-bond donors (Lipinski definition) is 1. The SMILES string of the molecule is Cc1nc(-c2cc(CO)no2)c(C)s1. The van der Waals surface area contributed by atoms with Gasteiger partial charge in [-0.05, 0) is 13.8 Å². The Bertz CT molecular complexity index is 447. The van der Waals surface area contributed by atoms with Crippen molar-refractivity contribution in [2.24, 2.45) is 0 Å². The Labute approximate surface area is 85.2 Å². The second-order valence-corrected chi connectivity index (χ2v) is 4.39. The maximum absolute atomic E-state index is 8.83. The zero-order valence-electron chi connectivity index (χ0n) is 7.94. The Morgan fingerprint density at radius 1 is 1.50 bits per heavy atom. The van der Waals surface area contributed by atoms with Gasteiger partial charge in [-0.25, -0.2) is 4.98 Å². The summed E-state index contributed by atoms with van der Waals surface area (Å²) in [5.41, 5.74) is 1.35. The molecule has 0 aromatic carbocycles. The number of aliphatic hydroxyl groups excluding tert-OH is 1. The summed E-state index contributed by atoms with van der Waals surface area (Å²) in [6.45, 7) is 3.83. The Morgan fingerprint density at radius 3 is 2.79 bits per heavy atom. The third kappa shape index (κ3) is 1.56. The van der Waals surface area contributed by atoms with Crippen LogP contribution in [-0.4, -0.2) is 15.2 Å². The van der Waals surface area contributed by atoms with Crippen LogP contribution in [0.2, 0.25) is 0 Å². The van der Waals surface area contributed by atoms with Crippen molar-refractivity contribution in [3.8, 4) is 11.5 Å². The van der Waals surface area contributed by atoms with Crippen molar-refractivity contribution in [2.75, 3.05) is 0 Å². The molecule has 2 heterocycles. The van der Waals surface area contributed by atoms with Crippen LogP contribution in [0, 0.1) is 13.8 Å². The molecule has 0 spiro atoms. The molecule has 1 N–H and O–H groups in total. The molecule has 0 radical (unpaired) electrons. The van der Waals surface area contributed by atoms with E-state index in [1.807, 2.05) is 13.8 Å². The molecule has 0 bridgehead atoms. The Morgan fingerprint density at radius 2 is 2.29 bits per heavy atom. The topological polar surface area (TPSA) is 59.2 Å². The molecule has 0 saturated carbocycles. The van der Waals surface area contributed by atoms with Crippen LogP contribution in [0.4, 0.5) is 0 Å². The Balaban J connectivity index is 2.43. The van der Waals surface area contributed by atoms with E-state index >= 15 is 0 Å². The summed E-state index contributed by atoms with van der Waals surface area (Å²) in [6, 6.07) is 1.71. The Hall–Kier alpha value is -1.20. The van der Waals surface area contributed by atoms with Gasteiger partial charge >= 0.3 is 0 Å². The lowest BCUT2D eigenvalue weighted by atomic mass is 10.3. The summed E-state index contributed by atoms with van der Waals surface area (Å²) < 4.78 is 5.07. The maximum atomic E-state index is 8.83. The van der Waals surface area contributed by atoms with E-state index in [-0.39, 0.29) is 6.61 Å². The van der Waals surface area contributed by atoms with E-state index in [4.69, 9.17) is 9.63 Å². The number of nitrogens with zero attached hydrogens (tertiary/aromatic N) is 2. The van der Waals surface area contributed by atoms with Gasteiger partial charge in [-0.1, -0.05) is 5.16 Å². The summed E-state index contributed by atoms with van der Waals surface area (Å²) in [5.74, 6) is 0.621. The van der Waals surface area contributed by atoms with E-state index in [0.717, 1.165) is 15.6 Å². The molecule has 0 saturated heterocycles. The van der Waals surface area contributed by atoms with Crippen LogP contribution in [0.1, 0.15) is 15.6 Å². The molecule has 0 aliphatic rings. The van der Waals surface area contributed by atoms with Crippen LogP contribution in [0.3, 0.4) is 0 Å². The third-order valence-electron chi connectivity index (χ3n) is 1.86. The van der Waals surface area contributed by atoms with Crippen LogP contribution < -0.4 is 0 Å². The predicted molar refractivity (Wildman–Crippen MR) is 53.0 cm³/mol. The van der Waals surface area contributed by atoms with Gasteiger partial charge in [0.05, 0.1) is 11.6 Å². The highest BCUT2D eigenvalue weighted by molar-refractivity contribution is 7.11. The van der Waals surface area contributed by atoms with E-state index in [0.29, 0.717) is 11.5 Å². The van der Waals surface area contributed by atoms with Gasteiger partial charge in [0, 0.05) is 10.9 Å². The zero-order valence-corrected chi connectivity index (χ0v) is 8.76. The fourth-order valence-corrected chi connectivity index (χ4v) is 2.08. The molecule has 5 heteroatoms. The smallest absolute Gasteiger partial charge is 0.186 e. The van der Waals surface area contributed by atoms with Gasteiger partial charge in [0.1, 0.15) is 11.4 Å². The van der Waals surface area contributed by atoms with Gasteiger partial charge in [0.2, 0.25) is 0 Å². The fraction of sp³-hybridized carbons (Fsp3) is 0.333. The highest BCUT2D eigenvalue weighted by Crippen LogP contribution is 2.27. The van der Waals surface area contributed by atoms with Gasteiger partial charge in [-0.3, -0.25) is 0 Å². The second kappa shape index (κ2) is 3.51. The quantitative estimate of drug-likeness (QED) is 0.822. The van der Waals surface area contributed by atoms with Crippen molar-refractivity contribution in [2.45, 2.75) is 20.5 Å². The van der Waals surface area contributed by atoms with E-state index < -0.39 is 0 Å². The lowest BCUT2D eigenvalue weighted by Gasteiger charge is -1.88. The molecule has 0 aliphatic carbocycles. The standard InChI is InChI=1S/C9H10N2O2S/c1-5-9(10-6(2)14-5)8-3-7(4-12)11-13-8/h3,12H,4H2,1-2H3. The Kier molecular flexibility index (Phi) is 2.35. The minimum Gasteiger partial charge on any atom is -0.390 e. The largest absolute Gasteiger partial charge is 0.390 e. The molecular weight excluding hydrogens is 200 g/mol. The predicted octanol–water partition coefficient (Wildman–Crippen LogP) is 1.91. The number of aliphatic hydroxyl groups is 1. The maximum Gasteiger partial charge on any atom is 0.186 e. The highest BCUT2D eigenvalue weighted by Gasteiger charge is 2.12. The van der Waals surface area contributed by atoms with Gasteiger partial charge < -0.3 is 9.63 Å². The van der Waals surface area contributed by atoms with Crippen LogP contribution >= 0.6 is 11.3 Å². The van der Waals surface area contributed by atoms with Gasteiger partial charge in [0.25, 0.3) is 0 Å². The average molecular weight is 210 g/mol. The molecule has 0 aliphatic heterocycles. The molecule has 4 nitrogen and oxygen atoms in total. The molecule has 2 aromatic heterocycles. The van der Waals surface area contributed by atoms with E-state index in [1.54, 1.807) is 17.4 Å². The minimum absolute atomic E-state index is 0.105. The number of hydrogen-bond acceptors (Lipinski definition) is 5. The highest BCUT2D eigenvalue weighted by atomic mass is 32.1. The molecule has 0 unspecified atom stereocenters. The lowest BCUT2D eigenvalue weighted by molar-refractivity contribution is 0.267. The van der Waals surface area contributed by atoms with Gasteiger partial charge in [-0.2, -0.15) is 0 Å². The summed E-state index contributed by atoms with van der Waals surface area (Å²) in [6.07, 6.45) is 0. The monoisotopic (exact) mass is 210 g/mol. The van der Waals surface area contributed by atoms with Crippen LogP contribution in [0.5, 0.6) is 0 Å². The molecule has 74 valence electrons. The summed E-state index contributed by atoms with van der Waals surface area (Å²) in [7, 11) is 0. The average Bonchev–Trinajstić information content (AvgIpc) is 2.71. The first-order chi connectivity index (χ1) is 6.70. The summed E-state index contributed by atoms with van der Waals surface area (Å²) in [4.78, 5) is 5.43. The van der Waals surface area contributed by atoms with Crippen molar-refractivity contribution in [1.29, 1.82) is 0 Å². The zero-order chi connectivity index (χ0) is 10.1. The van der Waals surface area contributed by atoms with E-state index in [1.165, 1.54) is 0 Å². The van der Waals surface area contributed by atoms with Crippen LogP contribution in [0.15, 0.2) is 10.6 Å². The van der Waals surface area contributed by atoms with Crippen molar-refractivity contribution in [3.63, 3.8) is 0 Å². The first-order valence-electron chi connectivity index (χ1n) is 4.21. The molecule has 0 atom stereocenters. The first-order valence-corrected chi connectivity index (χ1v) is 5.03. The van der Waals surface area contributed by atoms with Crippen molar-refractivity contribution < 1.29 is 9.63 Å². The number of rotatable bonds is 2. The summed E-state index contributed by atoms with van der Waals surface area (Å²) >= 11 is 1.62. The van der Waals surface area contributed by atoms with Crippen molar-refractivity contribution in [1.82, 2.24) is 10.1 Å². The second-order valence-electron chi connectivity index (χ2n) is 2.98. The molecule has 2 aromatic rings. The van der Waals surface area contributed by atoms with Gasteiger partial charge in [-0.15, -0.1) is 11.3 Å². The number of thiazole rings is 1. The number of aromatic nitrogens is 2.